The molecule has 0 bridgehead atoms. The van der Waals surface area contributed by atoms with Gasteiger partial charge in [-0.05, 0) is 25.3 Å². The van der Waals surface area contributed by atoms with Crippen molar-refractivity contribution in [3.05, 3.63) is 0 Å². The number of hydrogen-bond acceptors (Lipinski definition) is 1. The largest absolute Gasteiger partial charge is 0.300 e. The van der Waals surface area contributed by atoms with Crippen molar-refractivity contribution in [1.29, 1.82) is 0 Å². The molecule has 0 heterocycles. The Hall–Kier alpha value is -0.0400. The number of nitrogens with zero attached hydrogens (tertiary/aromatic N) is 1. The predicted octanol–water partition coefficient (Wildman–Crippen LogP) is 4.32. The number of rotatable bonds is 4. The van der Waals surface area contributed by atoms with Crippen LogP contribution in [0.5, 0.6) is 0 Å². The zero-order valence-electron chi connectivity index (χ0n) is 11.6. The second-order valence-electron chi connectivity index (χ2n) is 4.77. The Labute approximate surface area is 97.2 Å². The molecule has 1 nitrogen and oxygen atoms in total. The molecule has 0 aromatic rings. The molecule has 0 saturated heterocycles. The lowest BCUT2D eigenvalue weighted by molar-refractivity contribution is 0.147. The van der Waals surface area contributed by atoms with E-state index in [1.165, 1.54) is 45.2 Å². The van der Waals surface area contributed by atoms with Crippen molar-refractivity contribution in [3.63, 3.8) is 0 Å². The average Bonchev–Trinajstić information content (AvgIpc) is 2.29. The molecular formula is C14H31N. The van der Waals surface area contributed by atoms with Crippen molar-refractivity contribution in [3.8, 4) is 0 Å². The lowest BCUT2D eigenvalue weighted by Gasteiger charge is -2.34. The molecule has 0 amide bonds. The smallest absolute Gasteiger partial charge is 0.00952 e. The summed E-state index contributed by atoms with van der Waals surface area (Å²) in [5.74, 6) is 0.821. The minimum absolute atomic E-state index is 0.821. The van der Waals surface area contributed by atoms with E-state index < -0.39 is 0 Å². The van der Waals surface area contributed by atoms with E-state index in [2.05, 4.69) is 25.7 Å². The van der Waals surface area contributed by atoms with Crippen LogP contribution in [-0.4, -0.2) is 24.0 Å². The summed E-state index contributed by atoms with van der Waals surface area (Å²) in [5.41, 5.74) is 0. The minimum atomic E-state index is 0.821. The molecule has 1 rings (SSSR count). The van der Waals surface area contributed by atoms with Crippen molar-refractivity contribution in [2.45, 2.75) is 72.8 Å². The van der Waals surface area contributed by atoms with Crippen LogP contribution in [0.3, 0.4) is 0 Å². The van der Waals surface area contributed by atoms with Crippen LogP contribution in [0.1, 0.15) is 66.7 Å². The summed E-state index contributed by atoms with van der Waals surface area (Å²) >= 11 is 0. The van der Waals surface area contributed by atoms with E-state index in [0.29, 0.717) is 0 Å². The summed E-state index contributed by atoms with van der Waals surface area (Å²) in [6, 6.07) is 0.904. The molecule has 15 heavy (non-hydrogen) atoms. The highest BCUT2D eigenvalue weighted by Gasteiger charge is 2.19. The molecule has 0 aromatic heterocycles. The Morgan fingerprint density at radius 2 is 1.60 bits per heavy atom. The van der Waals surface area contributed by atoms with Gasteiger partial charge < -0.3 is 4.90 Å². The van der Waals surface area contributed by atoms with Crippen molar-refractivity contribution in [1.82, 2.24) is 4.90 Å². The fourth-order valence-electron chi connectivity index (χ4n) is 2.45. The van der Waals surface area contributed by atoms with Gasteiger partial charge in [0, 0.05) is 12.6 Å². The average molecular weight is 213 g/mol. The van der Waals surface area contributed by atoms with Gasteiger partial charge in [-0.25, -0.2) is 0 Å². The standard InChI is InChI=1S/C12H25N.C2H6/c1-4-13(10-11(2)3)12-8-6-5-7-9-12;1-2/h11-12H,4-10H2,1-3H3;1-2H3. The highest BCUT2D eigenvalue weighted by atomic mass is 15.1. The molecule has 1 heteroatoms. The maximum absolute atomic E-state index is 2.68. The van der Waals surface area contributed by atoms with E-state index in [1.807, 2.05) is 13.8 Å². The van der Waals surface area contributed by atoms with Gasteiger partial charge in [0.05, 0.1) is 0 Å². The Morgan fingerprint density at radius 3 is 2.00 bits per heavy atom. The van der Waals surface area contributed by atoms with Crippen LogP contribution in [0.2, 0.25) is 0 Å². The van der Waals surface area contributed by atoms with Gasteiger partial charge in [0.1, 0.15) is 0 Å². The molecular weight excluding hydrogens is 182 g/mol. The summed E-state index contributed by atoms with van der Waals surface area (Å²) in [6.45, 7) is 13.5. The van der Waals surface area contributed by atoms with E-state index in [9.17, 15) is 0 Å². The van der Waals surface area contributed by atoms with Gasteiger partial charge in [0.2, 0.25) is 0 Å². The first kappa shape index (κ1) is 15.0. The Morgan fingerprint density at radius 1 is 1.07 bits per heavy atom. The molecule has 0 aliphatic heterocycles. The molecule has 0 aromatic carbocycles. The molecule has 1 saturated carbocycles. The second-order valence-corrected chi connectivity index (χ2v) is 4.77. The molecule has 0 N–H and O–H groups in total. The first-order valence-electron chi connectivity index (χ1n) is 6.98. The number of hydrogen-bond donors (Lipinski definition) is 0. The fourth-order valence-corrected chi connectivity index (χ4v) is 2.45. The van der Waals surface area contributed by atoms with Crippen molar-refractivity contribution in [2.75, 3.05) is 13.1 Å². The van der Waals surface area contributed by atoms with Crippen LogP contribution >= 0.6 is 0 Å². The van der Waals surface area contributed by atoms with Gasteiger partial charge in [0.25, 0.3) is 0 Å². The molecule has 92 valence electrons. The first-order valence-corrected chi connectivity index (χ1v) is 6.98. The van der Waals surface area contributed by atoms with Crippen LogP contribution in [0.4, 0.5) is 0 Å². The quantitative estimate of drug-likeness (QED) is 0.672. The van der Waals surface area contributed by atoms with E-state index in [1.54, 1.807) is 0 Å². The molecule has 1 aliphatic carbocycles. The predicted molar refractivity (Wildman–Crippen MR) is 70.3 cm³/mol. The zero-order valence-corrected chi connectivity index (χ0v) is 11.6. The second kappa shape index (κ2) is 9.21. The molecule has 1 aliphatic rings. The third kappa shape index (κ3) is 6.19. The third-order valence-corrected chi connectivity index (χ3v) is 3.10. The van der Waals surface area contributed by atoms with Crippen molar-refractivity contribution in [2.24, 2.45) is 5.92 Å². The third-order valence-electron chi connectivity index (χ3n) is 3.10. The fraction of sp³-hybridized carbons (Fsp3) is 1.00. The Balaban J connectivity index is 0.000000921. The summed E-state index contributed by atoms with van der Waals surface area (Å²) < 4.78 is 0. The van der Waals surface area contributed by atoms with Gasteiger partial charge in [-0.3, -0.25) is 0 Å². The molecule has 1 fully saturated rings. The van der Waals surface area contributed by atoms with E-state index in [-0.39, 0.29) is 0 Å². The summed E-state index contributed by atoms with van der Waals surface area (Å²) in [5, 5.41) is 0. The SMILES string of the molecule is CC.CCN(CC(C)C)C1CCCCC1. The maximum Gasteiger partial charge on any atom is 0.00952 e. The summed E-state index contributed by atoms with van der Waals surface area (Å²) in [6.07, 6.45) is 7.27. The molecule has 0 unspecified atom stereocenters. The van der Waals surface area contributed by atoms with Crippen LogP contribution in [0, 0.1) is 5.92 Å². The maximum atomic E-state index is 2.68. The van der Waals surface area contributed by atoms with Gasteiger partial charge in [-0.1, -0.05) is 53.9 Å². The van der Waals surface area contributed by atoms with E-state index >= 15 is 0 Å². The molecule has 0 spiro atoms. The van der Waals surface area contributed by atoms with Crippen LogP contribution < -0.4 is 0 Å². The lowest BCUT2D eigenvalue weighted by Crippen LogP contribution is -2.38. The lowest BCUT2D eigenvalue weighted by atomic mass is 9.93. The topological polar surface area (TPSA) is 3.24 Å². The monoisotopic (exact) mass is 213 g/mol. The van der Waals surface area contributed by atoms with Crippen molar-refractivity contribution < 1.29 is 0 Å². The zero-order chi connectivity index (χ0) is 11.7. The van der Waals surface area contributed by atoms with Gasteiger partial charge >= 0.3 is 0 Å². The Kier molecular flexibility index (Phi) is 9.18. The Bertz CT molecular complexity index is 125. The van der Waals surface area contributed by atoms with E-state index in [0.717, 1.165) is 12.0 Å². The molecule has 0 atom stereocenters. The van der Waals surface area contributed by atoms with Crippen LogP contribution in [0.25, 0.3) is 0 Å². The molecule has 0 radical (unpaired) electrons. The van der Waals surface area contributed by atoms with Gasteiger partial charge in [0.15, 0.2) is 0 Å². The van der Waals surface area contributed by atoms with Crippen LogP contribution in [-0.2, 0) is 0 Å². The summed E-state index contributed by atoms with van der Waals surface area (Å²) in [7, 11) is 0. The summed E-state index contributed by atoms with van der Waals surface area (Å²) in [4.78, 5) is 2.68. The van der Waals surface area contributed by atoms with Crippen molar-refractivity contribution >= 4 is 0 Å². The van der Waals surface area contributed by atoms with Crippen LogP contribution in [0.15, 0.2) is 0 Å². The highest BCUT2D eigenvalue weighted by molar-refractivity contribution is 4.75. The first-order chi connectivity index (χ1) is 7.24. The van der Waals surface area contributed by atoms with Gasteiger partial charge in [-0.15, -0.1) is 0 Å². The minimum Gasteiger partial charge on any atom is -0.300 e. The normalized spacial score (nSPS) is 17.8. The van der Waals surface area contributed by atoms with Gasteiger partial charge in [-0.2, -0.15) is 0 Å². The van der Waals surface area contributed by atoms with E-state index in [4.69, 9.17) is 0 Å². The highest BCUT2D eigenvalue weighted by Crippen LogP contribution is 2.22.